The minimum atomic E-state index is -0.668. The Labute approximate surface area is 182 Å². The molecule has 4 rings (SSSR count). The molecule has 3 aromatic rings. The van der Waals surface area contributed by atoms with Gasteiger partial charge in [-0.05, 0) is 93.3 Å². The second kappa shape index (κ2) is 8.53. The average molecular weight is 419 g/mol. The summed E-state index contributed by atoms with van der Waals surface area (Å²) in [5, 5.41) is 13.8. The van der Waals surface area contributed by atoms with E-state index in [-0.39, 0.29) is 12.0 Å². The Balaban J connectivity index is 1.63. The van der Waals surface area contributed by atoms with E-state index in [4.69, 9.17) is 10.7 Å². The lowest BCUT2D eigenvalue weighted by molar-refractivity contribution is -0.142. The van der Waals surface area contributed by atoms with Crippen molar-refractivity contribution in [2.45, 2.75) is 58.4 Å². The molecule has 1 aliphatic rings. The molecule has 0 amide bonds. The standard InChI is InChI=1S/C25H30N4O2/c1-14-10-20(12-21(26)11-14)15(2)27-24-22-13-19(8-9-23(22)28-16(3)29-24)17-4-6-18(7-5-17)25(30)31/h8-13,15,17-18H,4-7,26H2,1-3H3,(H,30,31)(H,27,28,29)/t15-,17?,18?/m0/s1. The highest BCUT2D eigenvalue weighted by molar-refractivity contribution is 5.90. The lowest BCUT2D eigenvalue weighted by Crippen LogP contribution is -2.20. The van der Waals surface area contributed by atoms with Crippen molar-refractivity contribution in [1.82, 2.24) is 9.97 Å². The third-order valence-corrected chi connectivity index (χ3v) is 6.35. The molecule has 1 fully saturated rings. The number of nitrogen functional groups attached to an aromatic ring is 1. The van der Waals surface area contributed by atoms with E-state index in [1.807, 2.05) is 26.0 Å². The van der Waals surface area contributed by atoms with E-state index in [2.05, 4.69) is 41.5 Å². The van der Waals surface area contributed by atoms with Gasteiger partial charge in [-0.25, -0.2) is 9.97 Å². The molecule has 0 saturated heterocycles. The molecule has 6 heteroatoms. The number of aromatic nitrogens is 2. The molecule has 1 saturated carbocycles. The van der Waals surface area contributed by atoms with Gasteiger partial charge >= 0.3 is 5.97 Å². The number of carbonyl (C=O) groups is 1. The maximum absolute atomic E-state index is 11.3. The number of benzene rings is 2. The van der Waals surface area contributed by atoms with Crippen molar-refractivity contribution in [2.24, 2.45) is 5.92 Å². The Morgan fingerprint density at radius 3 is 2.52 bits per heavy atom. The van der Waals surface area contributed by atoms with Crippen LogP contribution >= 0.6 is 0 Å². The zero-order chi connectivity index (χ0) is 22.1. The Kier molecular flexibility index (Phi) is 5.81. The second-order valence-electron chi connectivity index (χ2n) is 8.83. The summed E-state index contributed by atoms with van der Waals surface area (Å²) in [6.45, 7) is 6.05. The number of nitrogens with zero attached hydrogens (tertiary/aromatic N) is 2. The number of nitrogens with two attached hydrogens (primary N) is 1. The second-order valence-corrected chi connectivity index (χ2v) is 8.83. The Bertz CT molecular complexity index is 1100. The third kappa shape index (κ3) is 4.63. The fourth-order valence-corrected chi connectivity index (χ4v) is 4.68. The summed E-state index contributed by atoms with van der Waals surface area (Å²) < 4.78 is 0. The van der Waals surface area contributed by atoms with E-state index in [1.165, 1.54) is 5.56 Å². The Morgan fingerprint density at radius 2 is 1.84 bits per heavy atom. The molecule has 0 bridgehead atoms. The van der Waals surface area contributed by atoms with E-state index in [1.54, 1.807) is 0 Å². The van der Waals surface area contributed by atoms with Crippen LogP contribution in [0.1, 0.15) is 67.1 Å². The summed E-state index contributed by atoms with van der Waals surface area (Å²) >= 11 is 0. The quantitative estimate of drug-likeness (QED) is 0.482. The van der Waals surface area contributed by atoms with Gasteiger partial charge in [-0.2, -0.15) is 0 Å². The van der Waals surface area contributed by atoms with Gasteiger partial charge in [0, 0.05) is 11.1 Å². The number of carboxylic acids is 1. The molecule has 31 heavy (non-hydrogen) atoms. The lowest BCUT2D eigenvalue weighted by atomic mass is 9.78. The molecule has 4 N–H and O–H groups in total. The highest BCUT2D eigenvalue weighted by atomic mass is 16.4. The Morgan fingerprint density at radius 1 is 1.10 bits per heavy atom. The number of aryl methyl sites for hydroxylation is 2. The summed E-state index contributed by atoms with van der Waals surface area (Å²) in [5.41, 5.74) is 11.2. The fourth-order valence-electron chi connectivity index (χ4n) is 4.68. The molecule has 0 spiro atoms. The molecule has 0 aliphatic heterocycles. The smallest absolute Gasteiger partial charge is 0.306 e. The van der Waals surface area contributed by atoms with Crippen molar-refractivity contribution in [3.05, 3.63) is 58.9 Å². The van der Waals surface area contributed by atoms with Crippen molar-refractivity contribution in [1.29, 1.82) is 0 Å². The van der Waals surface area contributed by atoms with Gasteiger partial charge in [0.2, 0.25) is 0 Å². The van der Waals surface area contributed by atoms with Crippen LogP contribution in [0.3, 0.4) is 0 Å². The number of hydrogen-bond acceptors (Lipinski definition) is 5. The van der Waals surface area contributed by atoms with Gasteiger partial charge in [0.25, 0.3) is 0 Å². The molecule has 6 nitrogen and oxygen atoms in total. The number of anilines is 2. The van der Waals surface area contributed by atoms with E-state index in [0.717, 1.165) is 65.0 Å². The van der Waals surface area contributed by atoms with Crippen molar-refractivity contribution in [2.75, 3.05) is 11.1 Å². The fraction of sp³-hybridized carbons (Fsp3) is 0.400. The minimum Gasteiger partial charge on any atom is -0.481 e. The summed E-state index contributed by atoms with van der Waals surface area (Å²) in [4.78, 5) is 20.6. The number of fused-ring (bicyclic) bond motifs is 1. The van der Waals surface area contributed by atoms with Gasteiger partial charge in [0.05, 0.1) is 17.5 Å². The predicted molar refractivity (Wildman–Crippen MR) is 124 cm³/mol. The topological polar surface area (TPSA) is 101 Å². The van der Waals surface area contributed by atoms with Gasteiger partial charge in [0.15, 0.2) is 0 Å². The molecule has 162 valence electrons. The summed E-state index contributed by atoms with van der Waals surface area (Å²) in [7, 11) is 0. The van der Waals surface area contributed by atoms with Crippen LogP contribution in [-0.4, -0.2) is 21.0 Å². The van der Waals surface area contributed by atoms with Crippen molar-refractivity contribution < 1.29 is 9.90 Å². The molecule has 1 aromatic heterocycles. The third-order valence-electron chi connectivity index (χ3n) is 6.35. The van der Waals surface area contributed by atoms with E-state index in [9.17, 15) is 9.90 Å². The zero-order valence-corrected chi connectivity index (χ0v) is 18.4. The van der Waals surface area contributed by atoms with Crippen LogP contribution < -0.4 is 11.1 Å². The SMILES string of the molecule is Cc1cc(N)cc([C@H](C)Nc2nc(C)nc3ccc(C4CCC(C(=O)O)CC4)cc23)c1. The minimum absolute atomic E-state index is 0.0364. The molecule has 0 radical (unpaired) electrons. The molecular weight excluding hydrogens is 388 g/mol. The summed E-state index contributed by atoms with van der Waals surface area (Å²) in [5.74, 6) is 1.04. The average Bonchev–Trinajstić information content (AvgIpc) is 2.72. The van der Waals surface area contributed by atoms with Gasteiger partial charge in [-0.3, -0.25) is 4.79 Å². The van der Waals surface area contributed by atoms with Crippen LogP contribution in [0.4, 0.5) is 11.5 Å². The first-order chi connectivity index (χ1) is 14.8. The highest BCUT2D eigenvalue weighted by Crippen LogP contribution is 2.37. The van der Waals surface area contributed by atoms with Crippen molar-refractivity contribution in [3.63, 3.8) is 0 Å². The molecule has 1 atom stereocenters. The number of carboxylic acid groups (broad SMARTS) is 1. The molecular formula is C25H30N4O2. The van der Waals surface area contributed by atoms with Crippen molar-refractivity contribution in [3.8, 4) is 0 Å². The van der Waals surface area contributed by atoms with E-state index in [0.29, 0.717) is 5.92 Å². The molecule has 2 aromatic carbocycles. The van der Waals surface area contributed by atoms with Crippen LogP contribution in [0.25, 0.3) is 10.9 Å². The van der Waals surface area contributed by atoms with Gasteiger partial charge in [-0.1, -0.05) is 12.1 Å². The molecule has 1 aliphatic carbocycles. The largest absolute Gasteiger partial charge is 0.481 e. The van der Waals surface area contributed by atoms with Crippen LogP contribution in [0.5, 0.6) is 0 Å². The number of hydrogen-bond donors (Lipinski definition) is 3. The maximum Gasteiger partial charge on any atom is 0.306 e. The van der Waals surface area contributed by atoms with Gasteiger partial charge in [-0.15, -0.1) is 0 Å². The first-order valence-corrected chi connectivity index (χ1v) is 10.9. The van der Waals surface area contributed by atoms with E-state index < -0.39 is 5.97 Å². The lowest BCUT2D eigenvalue weighted by Gasteiger charge is -2.26. The predicted octanol–water partition coefficient (Wildman–Crippen LogP) is 5.36. The number of nitrogens with one attached hydrogen (secondary N) is 1. The van der Waals surface area contributed by atoms with Crippen LogP contribution in [0.15, 0.2) is 36.4 Å². The summed E-state index contributed by atoms with van der Waals surface area (Å²) in [6, 6.07) is 12.5. The molecule has 0 unspecified atom stereocenters. The first-order valence-electron chi connectivity index (χ1n) is 10.9. The first kappa shape index (κ1) is 21.1. The van der Waals surface area contributed by atoms with Crippen LogP contribution in [0, 0.1) is 19.8 Å². The normalized spacial score (nSPS) is 19.8. The highest BCUT2D eigenvalue weighted by Gasteiger charge is 2.27. The summed E-state index contributed by atoms with van der Waals surface area (Å²) in [6.07, 6.45) is 3.27. The maximum atomic E-state index is 11.3. The van der Waals surface area contributed by atoms with Crippen molar-refractivity contribution >= 4 is 28.4 Å². The Hall–Kier alpha value is -3.15. The van der Waals surface area contributed by atoms with Gasteiger partial charge in [0.1, 0.15) is 11.6 Å². The monoisotopic (exact) mass is 418 g/mol. The number of rotatable bonds is 5. The van der Waals surface area contributed by atoms with E-state index >= 15 is 0 Å². The van der Waals surface area contributed by atoms with Crippen LogP contribution in [-0.2, 0) is 4.79 Å². The van der Waals surface area contributed by atoms with Gasteiger partial charge < -0.3 is 16.2 Å². The molecule has 1 heterocycles. The van der Waals surface area contributed by atoms with Crippen LogP contribution in [0.2, 0.25) is 0 Å². The number of aliphatic carboxylic acids is 1. The zero-order valence-electron chi connectivity index (χ0n) is 18.4.